The normalized spacial score (nSPS) is 24.6. The summed E-state index contributed by atoms with van der Waals surface area (Å²) in [5.74, 6) is 0.468. The van der Waals surface area contributed by atoms with Gasteiger partial charge < -0.3 is 19.7 Å². The highest BCUT2D eigenvalue weighted by atomic mass is 32.1. The summed E-state index contributed by atoms with van der Waals surface area (Å²) in [5.41, 5.74) is 1.23. The predicted octanol–water partition coefficient (Wildman–Crippen LogP) is 2.04. The van der Waals surface area contributed by atoms with Crippen LogP contribution >= 0.6 is 11.3 Å². The maximum Gasteiger partial charge on any atom is 0.317 e. The van der Waals surface area contributed by atoms with Crippen molar-refractivity contribution in [2.24, 2.45) is 5.92 Å². The maximum absolute atomic E-state index is 12.1. The molecule has 1 saturated heterocycles. The third kappa shape index (κ3) is 3.56. The van der Waals surface area contributed by atoms with Crippen LogP contribution in [0.4, 0.5) is 4.79 Å². The molecule has 0 spiro atoms. The van der Waals surface area contributed by atoms with Gasteiger partial charge in [0, 0.05) is 44.0 Å². The Hall–Kier alpha value is -1.11. The number of nitrogens with zero attached hydrogens (tertiary/aromatic N) is 1. The minimum atomic E-state index is -0.0344. The molecule has 116 valence electrons. The molecule has 6 heteroatoms. The fourth-order valence-corrected chi connectivity index (χ4v) is 3.82. The third-order valence-electron chi connectivity index (χ3n) is 4.12. The van der Waals surface area contributed by atoms with E-state index in [1.807, 2.05) is 7.05 Å². The lowest BCUT2D eigenvalue weighted by Gasteiger charge is -2.26. The quantitative estimate of drug-likeness (QED) is 0.926. The van der Waals surface area contributed by atoms with E-state index in [4.69, 9.17) is 9.47 Å². The first kappa shape index (κ1) is 14.8. The second-order valence-electron chi connectivity index (χ2n) is 5.70. The van der Waals surface area contributed by atoms with Gasteiger partial charge in [0.2, 0.25) is 0 Å². The van der Waals surface area contributed by atoms with Crippen molar-refractivity contribution in [1.29, 1.82) is 0 Å². The van der Waals surface area contributed by atoms with Gasteiger partial charge >= 0.3 is 6.03 Å². The van der Waals surface area contributed by atoms with E-state index in [-0.39, 0.29) is 12.1 Å². The van der Waals surface area contributed by atoms with Crippen LogP contribution in [-0.2, 0) is 15.9 Å². The molecule has 1 aromatic heterocycles. The fraction of sp³-hybridized carbons (Fsp3) is 0.667. The van der Waals surface area contributed by atoms with Gasteiger partial charge in [-0.05, 0) is 23.4 Å². The van der Waals surface area contributed by atoms with E-state index < -0.39 is 0 Å². The minimum Gasteiger partial charge on any atom is -0.381 e. The lowest BCUT2D eigenvalue weighted by molar-refractivity contribution is 0.0445. The molecule has 1 aromatic rings. The number of hydrogen-bond acceptors (Lipinski definition) is 4. The minimum absolute atomic E-state index is 0.00726. The van der Waals surface area contributed by atoms with Crippen molar-refractivity contribution < 1.29 is 14.3 Å². The Kier molecular flexibility index (Phi) is 4.77. The van der Waals surface area contributed by atoms with Gasteiger partial charge in [-0.25, -0.2) is 4.79 Å². The highest BCUT2D eigenvalue weighted by molar-refractivity contribution is 7.10. The highest BCUT2D eigenvalue weighted by Crippen LogP contribution is 2.30. The standard InChI is InChI=1S/C15H22N2O3S/c1-17(9-11-2-5-19-10-11)15(18)16-8-13-12-4-7-21-14(12)3-6-20-13/h4,7,11,13H,2-3,5-6,8-10H2,1H3,(H,16,18). The molecular formula is C15H22N2O3S. The molecule has 2 amide bonds. The van der Waals surface area contributed by atoms with Gasteiger partial charge in [0.15, 0.2) is 0 Å². The van der Waals surface area contributed by atoms with E-state index in [1.165, 1.54) is 10.4 Å². The first-order chi connectivity index (χ1) is 10.2. The van der Waals surface area contributed by atoms with Gasteiger partial charge in [-0.15, -0.1) is 11.3 Å². The molecule has 21 heavy (non-hydrogen) atoms. The number of fused-ring (bicyclic) bond motifs is 1. The summed E-state index contributed by atoms with van der Waals surface area (Å²) in [7, 11) is 1.84. The SMILES string of the molecule is CN(CC1CCOC1)C(=O)NCC1OCCc2sccc21. The molecular weight excluding hydrogens is 288 g/mol. The van der Waals surface area contributed by atoms with Gasteiger partial charge in [0.05, 0.1) is 13.2 Å². The predicted molar refractivity (Wildman–Crippen MR) is 81.7 cm³/mol. The van der Waals surface area contributed by atoms with Crippen molar-refractivity contribution in [3.05, 3.63) is 21.9 Å². The lowest BCUT2D eigenvalue weighted by Crippen LogP contribution is -2.42. The Labute approximate surface area is 129 Å². The van der Waals surface area contributed by atoms with Crippen molar-refractivity contribution in [1.82, 2.24) is 10.2 Å². The Morgan fingerprint density at radius 3 is 3.24 bits per heavy atom. The average molecular weight is 310 g/mol. The third-order valence-corrected chi connectivity index (χ3v) is 5.11. The highest BCUT2D eigenvalue weighted by Gasteiger charge is 2.24. The number of nitrogens with one attached hydrogen (secondary N) is 1. The lowest BCUT2D eigenvalue weighted by atomic mass is 10.1. The molecule has 2 aliphatic heterocycles. The summed E-state index contributed by atoms with van der Waals surface area (Å²) < 4.78 is 11.1. The topological polar surface area (TPSA) is 50.8 Å². The summed E-state index contributed by atoms with van der Waals surface area (Å²) in [6.45, 7) is 3.61. The molecule has 3 rings (SSSR count). The van der Waals surface area contributed by atoms with Crippen LogP contribution in [0.2, 0.25) is 0 Å². The number of amides is 2. The zero-order valence-corrected chi connectivity index (χ0v) is 13.2. The smallest absolute Gasteiger partial charge is 0.317 e. The Bertz CT molecular complexity index is 485. The Morgan fingerprint density at radius 1 is 1.52 bits per heavy atom. The van der Waals surface area contributed by atoms with Crippen LogP contribution in [0.1, 0.15) is 23.0 Å². The second kappa shape index (κ2) is 6.77. The van der Waals surface area contributed by atoms with E-state index in [1.54, 1.807) is 16.2 Å². The number of thiophene rings is 1. The number of rotatable bonds is 4. The molecule has 0 aromatic carbocycles. The average Bonchev–Trinajstić information content (AvgIpc) is 3.15. The zero-order valence-electron chi connectivity index (χ0n) is 12.3. The molecule has 0 radical (unpaired) electrons. The van der Waals surface area contributed by atoms with Crippen molar-refractivity contribution in [2.75, 3.05) is 40.0 Å². The largest absolute Gasteiger partial charge is 0.381 e. The van der Waals surface area contributed by atoms with Gasteiger partial charge in [-0.2, -0.15) is 0 Å². The molecule has 5 nitrogen and oxygen atoms in total. The van der Waals surface area contributed by atoms with Crippen molar-refractivity contribution in [3.8, 4) is 0 Å². The molecule has 3 heterocycles. The van der Waals surface area contributed by atoms with Gasteiger partial charge in [0.1, 0.15) is 6.10 Å². The molecule has 2 atom stereocenters. The van der Waals surface area contributed by atoms with E-state index in [2.05, 4.69) is 16.8 Å². The van der Waals surface area contributed by atoms with Crippen LogP contribution in [0.5, 0.6) is 0 Å². The molecule has 1 fully saturated rings. The summed E-state index contributed by atoms with van der Waals surface area (Å²) >= 11 is 1.77. The van der Waals surface area contributed by atoms with Crippen LogP contribution in [0.15, 0.2) is 11.4 Å². The van der Waals surface area contributed by atoms with Gasteiger partial charge in [-0.3, -0.25) is 0 Å². The first-order valence-corrected chi connectivity index (χ1v) is 8.36. The number of urea groups is 1. The summed E-state index contributed by atoms with van der Waals surface area (Å²) in [6.07, 6.45) is 2.02. The summed E-state index contributed by atoms with van der Waals surface area (Å²) in [5, 5.41) is 5.08. The van der Waals surface area contributed by atoms with E-state index >= 15 is 0 Å². The molecule has 0 saturated carbocycles. The molecule has 2 unspecified atom stereocenters. The molecule has 1 N–H and O–H groups in total. The van der Waals surface area contributed by atoms with E-state index in [0.717, 1.165) is 39.2 Å². The number of carbonyl (C=O) groups is 1. The number of carbonyl (C=O) groups excluding carboxylic acids is 1. The number of ether oxygens (including phenoxy) is 2. The van der Waals surface area contributed by atoms with Crippen LogP contribution in [0.25, 0.3) is 0 Å². The van der Waals surface area contributed by atoms with Crippen LogP contribution in [0, 0.1) is 5.92 Å². The van der Waals surface area contributed by atoms with Crippen molar-refractivity contribution >= 4 is 17.4 Å². The fourth-order valence-electron chi connectivity index (χ4n) is 2.91. The number of hydrogen-bond donors (Lipinski definition) is 1. The van der Waals surface area contributed by atoms with Crippen LogP contribution in [-0.4, -0.2) is 50.9 Å². The first-order valence-electron chi connectivity index (χ1n) is 7.48. The van der Waals surface area contributed by atoms with Crippen molar-refractivity contribution in [3.63, 3.8) is 0 Å². The van der Waals surface area contributed by atoms with Gasteiger partial charge in [0.25, 0.3) is 0 Å². The Balaban J connectivity index is 1.47. The van der Waals surface area contributed by atoms with E-state index in [9.17, 15) is 4.79 Å². The summed E-state index contributed by atoms with van der Waals surface area (Å²) in [4.78, 5) is 15.3. The van der Waals surface area contributed by atoms with Crippen LogP contribution in [0.3, 0.4) is 0 Å². The van der Waals surface area contributed by atoms with Gasteiger partial charge in [-0.1, -0.05) is 0 Å². The zero-order chi connectivity index (χ0) is 14.7. The molecule has 0 bridgehead atoms. The Morgan fingerprint density at radius 2 is 2.43 bits per heavy atom. The maximum atomic E-state index is 12.1. The summed E-state index contributed by atoms with van der Waals surface area (Å²) in [6, 6.07) is 2.07. The monoisotopic (exact) mass is 310 g/mol. The van der Waals surface area contributed by atoms with Crippen LogP contribution < -0.4 is 5.32 Å². The molecule has 2 aliphatic rings. The second-order valence-corrected chi connectivity index (χ2v) is 6.71. The van der Waals surface area contributed by atoms with Crippen molar-refractivity contribution in [2.45, 2.75) is 18.9 Å². The molecule has 0 aliphatic carbocycles. The van der Waals surface area contributed by atoms with E-state index in [0.29, 0.717) is 12.5 Å².